The molecule has 2 N–H and O–H groups in total. The van der Waals surface area contributed by atoms with E-state index in [0.29, 0.717) is 44.6 Å². The van der Waals surface area contributed by atoms with Gasteiger partial charge in [0.25, 0.3) is 0 Å². The number of likely N-dealkylation sites (tertiary alicyclic amines) is 1. The van der Waals surface area contributed by atoms with Gasteiger partial charge in [-0.15, -0.1) is 0 Å². The molecule has 3 aliphatic heterocycles. The average molecular weight is 527 g/mol. The highest BCUT2D eigenvalue weighted by atomic mass is 35.5. The fraction of sp³-hybridized carbons (Fsp3) is 0.581. The Balaban J connectivity index is 0.00000280. The minimum absolute atomic E-state index is 0. The van der Waals surface area contributed by atoms with Crippen molar-refractivity contribution in [2.24, 2.45) is 11.8 Å². The third kappa shape index (κ3) is 4.95. The van der Waals surface area contributed by atoms with Crippen LogP contribution in [0.2, 0.25) is 0 Å². The largest absolute Gasteiger partial charge is 1.00 e. The van der Waals surface area contributed by atoms with Crippen molar-refractivity contribution in [1.82, 2.24) is 4.90 Å². The second-order valence-electron chi connectivity index (χ2n) is 11.6. The normalized spacial score (nSPS) is 30.4. The molecule has 2 aromatic carbocycles. The van der Waals surface area contributed by atoms with Crippen LogP contribution >= 0.6 is 0 Å². The van der Waals surface area contributed by atoms with E-state index in [1.54, 1.807) is 12.1 Å². The number of nitrogens with two attached hydrogens (primary N) is 1. The van der Waals surface area contributed by atoms with Crippen LogP contribution in [-0.4, -0.2) is 49.7 Å². The van der Waals surface area contributed by atoms with Gasteiger partial charge in [-0.05, 0) is 61.1 Å². The van der Waals surface area contributed by atoms with Crippen molar-refractivity contribution >= 4 is 5.91 Å². The Hall–Kier alpha value is -1.95. The van der Waals surface area contributed by atoms with E-state index in [1.165, 1.54) is 37.7 Å². The maximum atomic E-state index is 15.4. The molecule has 2 aromatic rings. The lowest BCUT2D eigenvalue weighted by Gasteiger charge is -2.46. The zero-order valence-corrected chi connectivity index (χ0v) is 22.5. The van der Waals surface area contributed by atoms with Crippen molar-refractivity contribution in [3.63, 3.8) is 0 Å². The maximum absolute atomic E-state index is 15.4. The van der Waals surface area contributed by atoms with Crippen LogP contribution in [0.1, 0.15) is 67.6 Å². The number of quaternary nitrogens is 1. The molecule has 4 atom stereocenters. The SMILES string of the molecule is O=C([C@@H]1C[NH2+]C[C@]12COCCc1cccc(F)c12)N1CC[C@@H](c2ccccc2)C[C@H]1C1CCCCC1.[Cl-]. The average Bonchev–Trinajstić information content (AvgIpc) is 3.25. The van der Waals surface area contributed by atoms with Crippen LogP contribution in [0.25, 0.3) is 0 Å². The molecule has 200 valence electrons. The van der Waals surface area contributed by atoms with E-state index >= 15 is 4.39 Å². The van der Waals surface area contributed by atoms with E-state index in [1.807, 2.05) is 6.07 Å². The third-order valence-electron chi connectivity index (χ3n) is 9.74. The van der Waals surface area contributed by atoms with Gasteiger partial charge < -0.3 is 27.4 Å². The Morgan fingerprint density at radius 1 is 1.03 bits per heavy atom. The van der Waals surface area contributed by atoms with Gasteiger partial charge >= 0.3 is 0 Å². The van der Waals surface area contributed by atoms with Gasteiger partial charge in [-0.3, -0.25) is 4.79 Å². The van der Waals surface area contributed by atoms with Gasteiger partial charge in [0.2, 0.25) is 5.91 Å². The first-order valence-electron chi connectivity index (χ1n) is 14.2. The summed E-state index contributed by atoms with van der Waals surface area (Å²) in [6, 6.07) is 16.6. The molecule has 1 amide bonds. The topological polar surface area (TPSA) is 46.1 Å². The van der Waals surface area contributed by atoms with Crippen LogP contribution in [-0.2, 0) is 21.4 Å². The Labute approximate surface area is 226 Å². The van der Waals surface area contributed by atoms with Gasteiger partial charge in [-0.1, -0.05) is 61.7 Å². The summed E-state index contributed by atoms with van der Waals surface area (Å²) in [6.07, 6.45) is 9.06. The Bertz CT molecular complexity index is 1080. The second kappa shape index (κ2) is 11.4. The first-order chi connectivity index (χ1) is 17.7. The molecule has 0 radical (unpaired) electrons. The number of carbonyl (C=O) groups is 1. The zero-order chi connectivity index (χ0) is 24.5. The summed E-state index contributed by atoms with van der Waals surface area (Å²) in [5.41, 5.74) is 2.60. The van der Waals surface area contributed by atoms with E-state index in [2.05, 4.69) is 40.5 Å². The van der Waals surface area contributed by atoms with E-state index in [4.69, 9.17) is 4.74 Å². The number of fused-ring (bicyclic) bond motifs is 2. The summed E-state index contributed by atoms with van der Waals surface area (Å²) in [7, 11) is 0. The number of piperidine rings is 1. The molecule has 6 rings (SSSR count). The van der Waals surface area contributed by atoms with Gasteiger partial charge in [0, 0.05) is 18.2 Å². The summed E-state index contributed by atoms with van der Waals surface area (Å²) in [4.78, 5) is 16.8. The Morgan fingerprint density at radius 2 is 1.84 bits per heavy atom. The third-order valence-corrected chi connectivity index (χ3v) is 9.74. The summed E-state index contributed by atoms with van der Waals surface area (Å²) >= 11 is 0. The van der Waals surface area contributed by atoms with Crippen LogP contribution in [0.5, 0.6) is 0 Å². The molecule has 3 heterocycles. The monoisotopic (exact) mass is 526 g/mol. The number of benzene rings is 2. The summed E-state index contributed by atoms with van der Waals surface area (Å²) in [5, 5.41) is 2.22. The van der Waals surface area contributed by atoms with Gasteiger partial charge in [-0.25, -0.2) is 4.39 Å². The van der Waals surface area contributed by atoms with Crippen molar-refractivity contribution in [1.29, 1.82) is 0 Å². The number of nitrogens with zero attached hydrogens (tertiary/aromatic N) is 1. The number of carbonyl (C=O) groups excluding carboxylic acids is 1. The second-order valence-corrected chi connectivity index (χ2v) is 11.6. The molecular formula is C31H40ClFN2O2. The highest BCUT2D eigenvalue weighted by Gasteiger charge is 2.56. The smallest absolute Gasteiger partial charge is 0.232 e. The molecule has 0 aromatic heterocycles. The summed E-state index contributed by atoms with van der Waals surface area (Å²) < 4.78 is 21.5. The lowest BCUT2D eigenvalue weighted by molar-refractivity contribution is -0.640. The molecule has 1 saturated carbocycles. The van der Waals surface area contributed by atoms with Gasteiger partial charge in [-0.2, -0.15) is 0 Å². The predicted octanol–water partition coefficient (Wildman–Crippen LogP) is 1.19. The van der Waals surface area contributed by atoms with Gasteiger partial charge in [0.05, 0.1) is 31.7 Å². The van der Waals surface area contributed by atoms with Crippen molar-refractivity contribution in [2.75, 3.05) is 32.8 Å². The van der Waals surface area contributed by atoms with Crippen molar-refractivity contribution in [2.45, 2.75) is 68.7 Å². The fourth-order valence-corrected chi connectivity index (χ4v) is 7.96. The zero-order valence-electron chi connectivity index (χ0n) is 21.7. The predicted molar refractivity (Wildman–Crippen MR) is 138 cm³/mol. The lowest BCUT2D eigenvalue weighted by Crippen LogP contribution is -3.00. The minimum Gasteiger partial charge on any atom is -1.00 e. The number of hydrogen-bond donors (Lipinski definition) is 1. The standard InChI is InChI=1S/C31H39FN2O2.ClH/c32-27-13-7-12-24-15-17-36-21-31(29(24)27)20-33-19-26(31)30(35)34-16-14-25(22-8-3-1-4-9-22)18-28(34)23-10-5-2-6-11-23;/h1,3-4,7-9,12-13,23,25-26,28,33H,2,5-6,10-11,14-21H2;1H/t25-,26+,28+,31+;/m1./s1. The Morgan fingerprint density at radius 3 is 2.65 bits per heavy atom. The quantitative estimate of drug-likeness (QED) is 0.653. The van der Waals surface area contributed by atoms with Crippen LogP contribution in [0.3, 0.4) is 0 Å². The minimum atomic E-state index is -0.582. The van der Waals surface area contributed by atoms with Crippen molar-refractivity contribution in [3.05, 3.63) is 71.0 Å². The maximum Gasteiger partial charge on any atom is 0.232 e. The first-order valence-corrected chi connectivity index (χ1v) is 14.2. The highest BCUT2D eigenvalue weighted by molar-refractivity contribution is 5.82. The van der Waals surface area contributed by atoms with E-state index in [-0.39, 0.29) is 36.1 Å². The van der Waals surface area contributed by atoms with Crippen molar-refractivity contribution in [3.8, 4) is 0 Å². The molecule has 0 unspecified atom stereocenters. The van der Waals surface area contributed by atoms with Crippen LogP contribution in [0.4, 0.5) is 4.39 Å². The molecule has 6 heteroatoms. The fourth-order valence-electron chi connectivity index (χ4n) is 7.96. The van der Waals surface area contributed by atoms with Crippen LogP contribution < -0.4 is 17.7 Å². The molecule has 3 fully saturated rings. The number of rotatable bonds is 3. The van der Waals surface area contributed by atoms with Crippen LogP contribution in [0, 0.1) is 17.7 Å². The molecule has 4 aliphatic rings. The number of halogens is 2. The molecule has 37 heavy (non-hydrogen) atoms. The molecule has 0 bridgehead atoms. The van der Waals surface area contributed by atoms with Gasteiger partial charge in [0.15, 0.2) is 0 Å². The Kier molecular flexibility index (Phi) is 8.23. The lowest BCUT2D eigenvalue weighted by atomic mass is 9.69. The van der Waals surface area contributed by atoms with E-state index < -0.39 is 5.41 Å². The summed E-state index contributed by atoms with van der Waals surface area (Å²) in [5.74, 6) is 0.907. The summed E-state index contributed by atoms with van der Waals surface area (Å²) in [6.45, 7) is 3.25. The van der Waals surface area contributed by atoms with E-state index in [0.717, 1.165) is 30.5 Å². The van der Waals surface area contributed by atoms with Gasteiger partial charge in [0.1, 0.15) is 11.7 Å². The number of ether oxygens (including phenoxy) is 1. The molecule has 1 spiro atoms. The van der Waals surface area contributed by atoms with Crippen molar-refractivity contribution < 1.29 is 31.6 Å². The molecular weight excluding hydrogens is 487 g/mol. The molecule has 4 nitrogen and oxygen atoms in total. The number of hydrogen-bond acceptors (Lipinski definition) is 2. The highest BCUT2D eigenvalue weighted by Crippen LogP contribution is 2.44. The van der Waals surface area contributed by atoms with Crippen LogP contribution in [0.15, 0.2) is 48.5 Å². The first kappa shape index (κ1) is 26.6. The molecule has 2 saturated heterocycles. The molecule has 1 aliphatic carbocycles. The number of amides is 1. The van der Waals surface area contributed by atoms with E-state index in [9.17, 15) is 4.79 Å².